The summed E-state index contributed by atoms with van der Waals surface area (Å²) in [7, 11) is 0. The van der Waals surface area contributed by atoms with Gasteiger partial charge in [0.15, 0.2) is 5.82 Å². The van der Waals surface area contributed by atoms with Crippen LogP contribution in [0.5, 0.6) is 0 Å². The highest BCUT2D eigenvalue weighted by Crippen LogP contribution is 2.53. The van der Waals surface area contributed by atoms with Gasteiger partial charge in [-0.2, -0.15) is 0 Å². The molecule has 1 aliphatic rings. The Bertz CT molecular complexity index is 3520. The van der Waals surface area contributed by atoms with E-state index in [1.807, 2.05) is 30.3 Å². The minimum Gasteiger partial charge on any atom is -0.456 e. The van der Waals surface area contributed by atoms with Crippen LogP contribution >= 0.6 is 0 Å². The van der Waals surface area contributed by atoms with Crippen molar-refractivity contribution in [3.63, 3.8) is 0 Å². The summed E-state index contributed by atoms with van der Waals surface area (Å²) in [6, 6.07) is 80.1. The lowest BCUT2D eigenvalue weighted by Gasteiger charge is -2.28. The Morgan fingerprint density at radius 3 is 1.68 bits per heavy atom. The van der Waals surface area contributed by atoms with Gasteiger partial charge in [-0.25, -0.2) is 9.97 Å². The molecule has 0 radical (unpaired) electrons. The van der Waals surface area contributed by atoms with Gasteiger partial charge < -0.3 is 4.42 Å². The monoisotopic (exact) mass is 804 g/mol. The number of benzene rings is 9. The Kier molecular flexibility index (Phi) is 8.62. The maximum absolute atomic E-state index is 6.22. The number of nitrogens with zero attached hydrogens (tertiary/aromatic N) is 2. The lowest BCUT2D eigenvalue weighted by Crippen LogP contribution is -2.22. The molecule has 9 aromatic carbocycles. The molecule has 63 heavy (non-hydrogen) atoms. The minimum atomic E-state index is -0.280. The predicted octanol–water partition coefficient (Wildman–Crippen LogP) is 15.7. The second-order valence-corrected chi connectivity index (χ2v) is 16.7. The predicted molar refractivity (Wildman–Crippen MR) is 259 cm³/mol. The number of furan rings is 1. The minimum absolute atomic E-state index is 0.280. The van der Waals surface area contributed by atoms with Gasteiger partial charge in [0.05, 0.1) is 11.4 Å². The van der Waals surface area contributed by atoms with E-state index in [4.69, 9.17) is 14.4 Å². The number of hydrogen-bond donors (Lipinski definition) is 0. The van der Waals surface area contributed by atoms with Crippen LogP contribution in [0.3, 0.4) is 0 Å². The van der Waals surface area contributed by atoms with Crippen LogP contribution in [-0.4, -0.2) is 9.97 Å². The molecule has 0 N–H and O–H groups in total. The first-order chi connectivity index (χ1) is 31.1. The normalized spacial score (nSPS) is 14.2. The van der Waals surface area contributed by atoms with E-state index < -0.39 is 0 Å². The van der Waals surface area contributed by atoms with Gasteiger partial charge in [0.1, 0.15) is 11.2 Å². The molecule has 0 spiro atoms. The molecule has 0 saturated heterocycles. The van der Waals surface area contributed by atoms with E-state index in [1.54, 1.807) is 0 Å². The van der Waals surface area contributed by atoms with Crippen molar-refractivity contribution in [3.8, 4) is 78.4 Å². The summed E-state index contributed by atoms with van der Waals surface area (Å²) < 4.78 is 6.22. The first-order valence-electron chi connectivity index (χ1n) is 21.5. The van der Waals surface area contributed by atoms with Gasteiger partial charge in [0, 0.05) is 32.9 Å². The van der Waals surface area contributed by atoms with Crippen LogP contribution in [0.25, 0.3) is 100 Å². The third kappa shape index (κ3) is 6.28. The zero-order valence-electron chi connectivity index (χ0n) is 34.7. The number of rotatable bonds is 7. The second-order valence-electron chi connectivity index (χ2n) is 16.7. The van der Waals surface area contributed by atoms with E-state index in [2.05, 4.69) is 201 Å². The summed E-state index contributed by atoms with van der Waals surface area (Å²) in [5.74, 6) is 0.681. The SMILES string of the molecule is CC1(c2ccccc2)c2ccccc2-c2ccc(-c3cccc(-c4cc(-c5cc(-c6ccccc6)cc(-c6ccc7oc8ccccc8c7c6)c5)nc(-c5ccccc5)n4)c3)cc21. The van der Waals surface area contributed by atoms with Crippen molar-refractivity contribution in [1.29, 1.82) is 0 Å². The summed E-state index contributed by atoms with van der Waals surface area (Å²) >= 11 is 0. The van der Waals surface area contributed by atoms with E-state index in [0.29, 0.717) is 5.82 Å². The Morgan fingerprint density at radius 1 is 0.333 bits per heavy atom. The first-order valence-corrected chi connectivity index (χ1v) is 21.5. The van der Waals surface area contributed by atoms with Gasteiger partial charge in [-0.15, -0.1) is 0 Å². The van der Waals surface area contributed by atoms with Crippen LogP contribution < -0.4 is 0 Å². The number of hydrogen-bond acceptors (Lipinski definition) is 3. The van der Waals surface area contributed by atoms with Crippen LogP contribution in [-0.2, 0) is 5.41 Å². The third-order valence-corrected chi connectivity index (χ3v) is 13.0. The van der Waals surface area contributed by atoms with Crippen LogP contribution in [0.2, 0.25) is 0 Å². The largest absolute Gasteiger partial charge is 0.456 e. The van der Waals surface area contributed by atoms with Gasteiger partial charge >= 0.3 is 0 Å². The van der Waals surface area contributed by atoms with Crippen LogP contribution in [0, 0.1) is 0 Å². The quantitative estimate of drug-likeness (QED) is 0.161. The molecule has 3 heteroatoms. The van der Waals surface area contributed by atoms with Gasteiger partial charge in [-0.1, -0.05) is 170 Å². The van der Waals surface area contributed by atoms with Gasteiger partial charge in [0.25, 0.3) is 0 Å². The molecule has 0 aliphatic heterocycles. The fourth-order valence-corrected chi connectivity index (χ4v) is 9.72. The molecule has 2 aromatic heterocycles. The van der Waals surface area contributed by atoms with Crippen LogP contribution in [0.15, 0.2) is 229 Å². The molecule has 2 heterocycles. The highest BCUT2D eigenvalue weighted by molar-refractivity contribution is 6.06. The van der Waals surface area contributed by atoms with Crippen molar-refractivity contribution in [2.45, 2.75) is 12.3 Å². The molecule has 1 aliphatic carbocycles. The summed E-state index contributed by atoms with van der Waals surface area (Å²) in [5, 5.41) is 2.21. The molecule has 1 unspecified atom stereocenters. The fourth-order valence-electron chi connectivity index (χ4n) is 9.72. The molecule has 0 amide bonds. The van der Waals surface area contributed by atoms with E-state index in [1.165, 1.54) is 33.4 Å². The molecular formula is C60H40N2O. The number of aromatic nitrogens is 2. The van der Waals surface area contributed by atoms with Crippen molar-refractivity contribution in [3.05, 3.63) is 241 Å². The smallest absolute Gasteiger partial charge is 0.160 e. The molecule has 296 valence electrons. The summed E-state index contributed by atoms with van der Waals surface area (Å²) in [6.45, 7) is 2.37. The number of para-hydroxylation sites is 1. The summed E-state index contributed by atoms with van der Waals surface area (Å²) in [4.78, 5) is 10.6. The van der Waals surface area contributed by atoms with Gasteiger partial charge in [-0.3, -0.25) is 0 Å². The Labute approximate surface area is 366 Å². The molecule has 12 rings (SSSR count). The lowest BCUT2D eigenvalue weighted by molar-refractivity contribution is 0.669. The molecule has 0 fully saturated rings. The fraction of sp³-hybridized carbons (Fsp3) is 0.0333. The van der Waals surface area contributed by atoms with E-state index >= 15 is 0 Å². The Balaban J connectivity index is 1.00. The van der Waals surface area contributed by atoms with Crippen LogP contribution in [0.4, 0.5) is 0 Å². The highest BCUT2D eigenvalue weighted by atomic mass is 16.3. The third-order valence-electron chi connectivity index (χ3n) is 13.0. The second kappa shape index (κ2) is 14.8. The molecule has 3 nitrogen and oxygen atoms in total. The van der Waals surface area contributed by atoms with Crippen LogP contribution in [0.1, 0.15) is 23.6 Å². The van der Waals surface area contributed by atoms with E-state index in [0.717, 1.165) is 77.8 Å². The van der Waals surface area contributed by atoms with Crippen molar-refractivity contribution in [2.75, 3.05) is 0 Å². The van der Waals surface area contributed by atoms with Crippen molar-refractivity contribution < 1.29 is 4.42 Å². The Morgan fingerprint density at radius 2 is 0.873 bits per heavy atom. The first kappa shape index (κ1) is 36.7. The molecule has 1 atom stereocenters. The maximum atomic E-state index is 6.22. The molecule has 0 bridgehead atoms. The van der Waals surface area contributed by atoms with E-state index in [-0.39, 0.29) is 5.41 Å². The average Bonchev–Trinajstić information content (AvgIpc) is 3.87. The number of fused-ring (bicyclic) bond motifs is 6. The van der Waals surface area contributed by atoms with Gasteiger partial charge in [0.2, 0.25) is 0 Å². The van der Waals surface area contributed by atoms with Crippen molar-refractivity contribution in [1.82, 2.24) is 9.97 Å². The average molecular weight is 805 g/mol. The standard InChI is InChI=1S/C60H40N2O/c1-60(48-22-9-4-10-23-48)53-26-13-11-24-49(53)50-30-28-43(37-54(50)60)41-20-15-21-44(32-41)55-38-56(62-59(61-55)40-18-7-3-8-19-40)47-34-45(39-16-5-2-6-17-39)33-46(35-47)42-29-31-58-52(36-42)51-25-12-14-27-57(51)63-58/h2-38H,1H3. The highest BCUT2D eigenvalue weighted by Gasteiger charge is 2.40. The molecule has 11 aromatic rings. The Hall–Kier alpha value is -8.14. The van der Waals surface area contributed by atoms with Gasteiger partial charge in [-0.05, 0) is 123 Å². The maximum Gasteiger partial charge on any atom is 0.160 e. The molecular weight excluding hydrogens is 765 g/mol. The lowest BCUT2D eigenvalue weighted by atomic mass is 9.74. The topological polar surface area (TPSA) is 38.9 Å². The summed E-state index contributed by atoms with van der Waals surface area (Å²) in [5.41, 5.74) is 19.5. The zero-order valence-corrected chi connectivity index (χ0v) is 34.7. The van der Waals surface area contributed by atoms with E-state index in [9.17, 15) is 0 Å². The van der Waals surface area contributed by atoms with Crippen molar-refractivity contribution in [2.24, 2.45) is 0 Å². The summed E-state index contributed by atoms with van der Waals surface area (Å²) in [6.07, 6.45) is 0. The molecule has 0 saturated carbocycles. The zero-order chi connectivity index (χ0) is 41.9. The van der Waals surface area contributed by atoms with Crippen molar-refractivity contribution >= 4 is 21.9 Å².